The quantitative estimate of drug-likeness (QED) is 0.522. The van der Waals surface area contributed by atoms with Gasteiger partial charge in [0.15, 0.2) is 0 Å². The van der Waals surface area contributed by atoms with Crippen molar-refractivity contribution in [2.75, 3.05) is 30.9 Å². The molecule has 0 radical (unpaired) electrons. The van der Waals surface area contributed by atoms with E-state index < -0.39 is 23.3 Å². The van der Waals surface area contributed by atoms with Crippen molar-refractivity contribution in [3.05, 3.63) is 45.5 Å². The average molecular weight is 506 g/mol. The van der Waals surface area contributed by atoms with Gasteiger partial charge in [-0.25, -0.2) is 4.79 Å². The van der Waals surface area contributed by atoms with Crippen molar-refractivity contribution in [1.29, 1.82) is 0 Å². The Morgan fingerprint density at radius 1 is 1.22 bits per heavy atom. The highest BCUT2D eigenvalue weighted by Crippen LogP contribution is 2.38. The molecule has 1 aliphatic heterocycles. The molecule has 0 unspecified atom stereocenters. The number of alkyl halides is 3. The van der Waals surface area contributed by atoms with Gasteiger partial charge in [-0.1, -0.05) is 6.92 Å². The molecule has 13 heteroatoms. The van der Waals surface area contributed by atoms with Gasteiger partial charge in [0, 0.05) is 25.2 Å². The van der Waals surface area contributed by atoms with E-state index in [4.69, 9.17) is 4.74 Å². The summed E-state index contributed by atoms with van der Waals surface area (Å²) in [6.45, 7) is 5.82. The van der Waals surface area contributed by atoms with Gasteiger partial charge in [0.05, 0.1) is 30.3 Å². The molecule has 1 saturated heterocycles. The Hall–Kier alpha value is -3.90. The molecule has 1 aromatic carbocycles. The first-order valence-corrected chi connectivity index (χ1v) is 11.3. The van der Waals surface area contributed by atoms with Gasteiger partial charge in [-0.05, 0) is 37.8 Å². The average Bonchev–Trinajstić information content (AvgIpc) is 3.10. The predicted octanol–water partition coefficient (Wildman–Crippen LogP) is 3.87. The van der Waals surface area contributed by atoms with Crippen molar-refractivity contribution in [3.63, 3.8) is 0 Å². The summed E-state index contributed by atoms with van der Waals surface area (Å²) in [7, 11) is 2.84. The number of pyridine rings is 1. The molecule has 2 amide bonds. The van der Waals surface area contributed by atoms with Crippen LogP contribution in [-0.2, 0) is 6.18 Å². The molecule has 2 atom stereocenters. The standard InChI is InChI=1S/C23H26F3N7O3/c1-6-14-10-32(4)22(35)33(14)21-29-12(3)28-20(31-21)27-11(2)15-7-13-8-16(23(24,25)26)18(36-5)9-17(13)30-19(15)34/h7-9,11,14H,6,10H2,1-5H3,(H,30,34)(H,27,28,29,31)/t11-,14-/m0/s1. The van der Waals surface area contributed by atoms with Crippen LogP contribution in [0.15, 0.2) is 23.0 Å². The highest BCUT2D eigenvalue weighted by molar-refractivity contribution is 5.93. The number of aromatic amines is 1. The monoisotopic (exact) mass is 505 g/mol. The van der Waals surface area contributed by atoms with Crippen LogP contribution in [0.2, 0.25) is 0 Å². The fourth-order valence-electron chi connectivity index (χ4n) is 4.25. The predicted molar refractivity (Wildman–Crippen MR) is 127 cm³/mol. The van der Waals surface area contributed by atoms with Crippen molar-refractivity contribution < 1.29 is 22.7 Å². The van der Waals surface area contributed by atoms with E-state index in [0.717, 1.165) is 19.2 Å². The van der Waals surface area contributed by atoms with E-state index in [1.54, 1.807) is 25.8 Å². The number of urea groups is 1. The summed E-state index contributed by atoms with van der Waals surface area (Å²) in [5, 5.41) is 3.20. The number of amides is 2. The number of rotatable bonds is 6. The van der Waals surface area contributed by atoms with E-state index in [-0.39, 0.29) is 46.2 Å². The van der Waals surface area contributed by atoms with E-state index in [1.165, 1.54) is 11.0 Å². The third-order valence-corrected chi connectivity index (χ3v) is 6.12. The number of benzene rings is 1. The summed E-state index contributed by atoms with van der Waals surface area (Å²) in [5.41, 5.74) is -1.04. The first-order chi connectivity index (χ1) is 16.9. The van der Waals surface area contributed by atoms with Gasteiger partial charge < -0.3 is 19.9 Å². The zero-order valence-corrected chi connectivity index (χ0v) is 20.4. The first-order valence-electron chi connectivity index (χ1n) is 11.3. The normalized spacial score (nSPS) is 17.1. The number of hydrogen-bond donors (Lipinski definition) is 2. The molecule has 0 spiro atoms. The lowest BCUT2D eigenvalue weighted by molar-refractivity contribution is -0.138. The fourth-order valence-corrected chi connectivity index (χ4v) is 4.25. The van der Waals surface area contributed by atoms with Crippen LogP contribution in [0.1, 0.15) is 43.3 Å². The van der Waals surface area contributed by atoms with Crippen LogP contribution in [-0.4, -0.2) is 57.6 Å². The molecule has 3 heterocycles. The van der Waals surface area contributed by atoms with Crippen LogP contribution >= 0.6 is 0 Å². The lowest BCUT2D eigenvalue weighted by Crippen LogP contribution is -2.36. The Morgan fingerprint density at radius 3 is 2.58 bits per heavy atom. The van der Waals surface area contributed by atoms with Crippen LogP contribution in [0.3, 0.4) is 0 Å². The van der Waals surface area contributed by atoms with Crippen LogP contribution in [0, 0.1) is 6.92 Å². The van der Waals surface area contributed by atoms with E-state index in [1.807, 2.05) is 6.92 Å². The van der Waals surface area contributed by atoms with Gasteiger partial charge in [0.25, 0.3) is 5.56 Å². The van der Waals surface area contributed by atoms with Gasteiger partial charge >= 0.3 is 12.2 Å². The van der Waals surface area contributed by atoms with Crippen LogP contribution in [0.4, 0.5) is 29.9 Å². The number of nitrogens with one attached hydrogen (secondary N) is 2. The second-order valence-electron chi connectivity index (χ2n) is 8.66. The zero-order chi connectivity index (χ0) is 26.4. The maximum atomic E-state index is 13.5. The minimum absolute atomic E-state index is 0.0993. The second kappa shape index (κ2) is 9.28. The lowest BCUT2D eigenvalue weighted by Gasteiger charge is -2.21. The van der Waals surface area contributed by atoms with Gasteiger partial charge in [0.2, 0.25) is 11.9 Å². The Labute approximate surface area is 204 Å². The smallest absolute Gasteiger partial charge is 0.419 e. The minimum Gasteiger partial charge on any atom is -0.496 e. The largest absolute Gasteiger partial charge is 0.496 e. The summed E-state index contributed by atoms with van der Waals surface area (Å²) in [4.78, 5) is 44.1. The van der Waals surface area contributed by atoms with Gasteiger partial charge in [-0.2, -0.15) is 28.1 Å². The van der Waals surface area contributed by atoms with Gasteiger partial charge in [0.1, 0.15) is 11.6 Å². The Morgan fingerprint density at radius 2 is 1.94 bits per heavy atom. The molecule has 4 rings (SSSR count). The Bertz CT molecular complexity index is 1380. The molecule has 1 aliphatic rings. The molecule has 10 nitrogen and oxygen atoms in total. The minimum atomic E-state index is -4.63. The molecule has 0 aliphatic carbocycles. The van der Waals surface area contributed by atoms with Crippen molar-refractivity contribution in [3.8, 4) is 5.75 Å². The molecule has 192 valence electrons. The number of fused-ring (bicyclic) bond motifs is 1. The number of nitrogens with zero attached hydrogens (tertiary/aromatic N) is 5. The number of hydrogen-bond acceptors (Lipinski definition) is 7. The van der Waals surface area contributed by atoms with E-state index >= 15 is 0 Å². The number of methoxy groups -OCH3 is 1. The number of ether oxygens (including phenoxy) is 1. The maximum Gasteiger partial charge on any atom is 0.419 e. The van der Waals surface area contributed by atoms with Crippen molar-refractivity contribution in [2.24, 2.45) is 0 Å². The van der Waals surface area contributed by atoms with Crippen molar-refractivity contribution in [2.45, 2.75) is 45.5 Å². The van der Waals surface area contributed by atoms with Gasteiger partial charge in [-0.3, -0.25) is 9.69 Å². The summed E-state index contributed by atoms with van der Waals surface area (Å²) < 4.78 is 45.3. The SMILES string of the molecule is CC[C@H]1CN(C)C(=O)N1c1nc(C)nc(N[C@@H](C)c2cc3cc(C(F)(F)F)c(OC)cc3[nH]c2=O)n1. The highest BCUT2D eigenvalue weighted by Gasteiger charge is 2.37. The second-order valence-corrected chi connectivity index (χ2v) is 8.66. The molecular weight excluding hydrogens is 479 g/mol. The molecule has 3 aromatic rings. The number of aromatic nitrogens is 4. The Kier molecular flexibility index (Phi) is 6.50. The maximum absolute atomic E-state index is 13.5. The van der Waals surface area contributed by atoms with E-state index in [0.29, 0.717) is 18.8 Å². The molecule has 0 saturated carbocycles. The number of carbonyl (C=O) groups is 1. The summed E-state index contributed by atoms with van der Waals surface area (Å²) in [5.74, 6) is 0.298. The Balaban J connectivity index is 1.69. The van der Waals surface area contributed by atoms with Gasteiger partial charge in [-0.15, -0.1) is 0 Å². The number of halogens is 3. The number of carbonyl (C=O) groups excluding carboxylic acids is 1. The van der Waals surface area contributed by atoms with Crippen LogP contribution in [0.25, 0.3) is 10.9 Å². The molecule has 1 fully saturated rings. The number of H-pyrrole nitrogens is 1. The third kappa shape index (κ3) is 4.64. The van der Waals surface area contributed by atoms with Crippen LogP contribution < -0.4 is 20.5 Å². The first kappa shape index (κ1) is 25.2. The van der Waals surface area contributed by atoms with Crippen LogP contribution in [0.5, 0.6) is 5.75 Å². The molecule has 36 heavy (non-hydrogen) atoms. The fraction of sp³-hybridized carbons (Fsp3) is 0.435. The molecule has 2 aromatic heterocycles. The topological polar surface area (TPSA) is 116 Å². The van der Waals surface area contributed by atoms with E-state index in [9.17, 15) is 22.8 Å². The third-order valence-electron chi connectivity index (χ3n) is 6.12. The molecule has 0 bridgehead atoms. The van der Waals surface area contributed by atoms with E-state index in [2.05, 4.69) is 25.3 Å². The zero-order valence-electron chi connectivity index (χ0n) is 20.4. The highest BCUT2D eigenvalue weighted by atomic mass is 19.4. The number of anilines is 2. The lowest BCUT2D eigenvalue weighted by atomic mass is 10.0. The molecule has 2 N–H and O–H groups in total. The number of likely N-dealkylation sites (N-methyl/N-ethyl adjacent to an activating group) is 1. The molecular formula is C23H26F3N7O3. The van der Waals surface area contributed by atoms with Crippen molar-refractivity contribution >= 4 is 28.8 Å². The number of aryl methyl sites for hydroxylation is 1. The van der Waals surface area contributed by atoms with Crippen molar-refractivity contribution in [1.82, 2.24) is 24.8 Å². The summed E-state index contributed by atoms with van der Waals surface area (Å²) >= 11 is 0. The summed E-state index contributed by atoms with van der Waals surface area (Å²) in [6, 6.07) is 2.47. The summed E-state index contributed by atoms with van der Waals surface area (Å²) in [6.07, 6.45) is -3.92.